The Balaban J connectivity index is 1.50. The molecule has 0 amide bonds. The molecule has 104 valence electrons. The normalized spacial score (nSPS) is 20.1. The first kappa shape index (κ1) is 12.8. The van der Waals surface area contributed by atoms with Crippen LogP contribution in [0.3, 0.4) is 0 Å². The zero-order valence-corrected chi connectivity index (χ0v) is 11.8. The highest BCUT2D eigenvalue weighted by atomic mass is 16.5. The summed E-state index contributed by atoms with van der Waals surface area (Å²) >= 11 is 0. The average Bonchev–Trinajstić information content (AvgIpc) is 2.93. The molecule has 2 aliphatic rings. The number of piperidine rings is 1. The third kappa shape index (κ3) is 3.03. The molecular formula is C16H24N2O. The second kappa shape index (κ2) is 5.83. The molecule has 3 rings (SSSR count). The quantitative estimate of drug-likeness (QED) is 0.901. The van der Waals surface area contributed by atoms with Crippen LogP contribution in [0.1, 0.15) is 25.3 Å². The molecule has 0 saturated carbocycles. The highest BCUT2D eigenvalue weighted by Gasteiger charge is 2.18. The van der Waals surface area contributed by atoms with E-state index in [-0.39, 0.29) is 0 Å². The van der Waals surface area contributed by atoms with E-state index >= 15 is 0 Å². The molecule has 1 N–H and O–H groups in total. The Labute approximate surface area is 115 Å². The number of hydrogen-bond donors (Lipinski definition) is 1. The molecule has 0 bridgehead atoms. The van der Waals surface area contributed by atoms with Crippen molar-refractivity contribution in [3.8, 4) is 5.75 Å². The molecule has 2 aliphatic heterocycles. The maximum atomic E-state index is 5.99. The van der Waals surface area contributed by atoms with Crippen molar-refractivity contribution in [1.29, 1.82) is 0 Å². The van der Waals surface area contributed by atoms with Crippen LogP contribution in [0.2, 0.25) is 0 Å². The Morgan fingerprint density at radius 2 is 2.16 bits per heavy atom. The van der Waals surface area contributed by atoms with Crippen LogP contribution >= 0.6 is 0 Å². The number of likely N-dealkylation sites (tertiary alicyclic amines) is 1. The molecule has 0 spiro atoms. The topological polar surface area (TPSA) is 24.5 Å². The molecule has 3 nitrogen and oxygen atoms in total. The Morgan fingerprint density at radius 3 is 2.95 bits per heavy atom. The van der Waals surface area contributed by atoms with Crippen molar-refractivity contribution in [1.82, 2.24) is 4.90 Å². The number of anilines is 1. The van der Waals surface area contributed by atoms with E-state index in [1.807, 2.05) is 0 Å². The summed E-state index contributed by atoms with van der Waals surface area (Å²) in [5.41, 5.74) is 2.68. The number of fused-ring (bicyclic) bond motifs is 1. The largest absolute Gasteiger partial charge is 0.493 e. The first-order chi connectivity index (χ1) is 9.35. The summed E-state index contributed by atoms with van der Waals surface area (Å²) in [5, 5.41) is 3.38. The third-order valence-corrected chi connectivity index (χ3v) is 4.43. The van der Waals surface area contributed by atoms with Crippen LogP contribution < -0.4 is 10.1 Å². The standard InChI is InChI=1S/C16H24N2O/c1-2-18-9-6-13(7-10-18)12-19-15-3-4-16-14(11-15)5-8-17-16/h3-4,11,13,17H,2,5-10,12H2,1H3. The van der Waals surface area contributed by atoms with Gasteiger partial charge in [0.15, 0.2) is 0 Å². The Morgan fingerprint density at radius 1 is 1.32 bits per heavy atom. The van der Waals surface area contributed by atoms with Crippen molar-refractivity contribution in [3.05, 3.63) is 23.8 Å². The molecule has 1 aromatic carbocycles. The first-order valence-electron chi connectivity index (χ1n) is 7.57. The number of nitrogens with one attached hydrogen (secondary N) is 1. The van der Waals surface area contributed by atoms with Gasteiger partial charge in [0.1, 0.15) is 5.75 Å². The van der Waals surface area contributed by atoms with Crippen molar-refractivity contribution >= 4 is 5.69 Å². The zero-order chi connectivity index (χ0) is 13.1. The molecule has 19 heavy (non-hydrogen) atoms. The van der Waals surface area contributed by atoms with Gasteiger partial charge in [0.2, 0.25) is 0 Å². The van der Waals surface area contributed by atoms with Gasteiger partial charge in [0.05, 0.1) is 6.61 Å². The molecule has 1 aromatic rings. The summed E-state index contributed by atoms with van der Waals surface area (Å²) in [6.07, 6.45) is 3.68. The van der Waals surface area contributed by atoms with Gasteiger partial charge in [-0.15, -0.1) is 0 Å². The smallest absolute Gasteiger partial charge is 0.119 e. The van der Waals surface area contributed by atoms with Gasteiger partial charge in [-0.05, 0) is 68.6 Å². The minimum absolute atomic E-state index is 0.731. The van der Waals surface area contributed by atoms with E-state index in [9.17, 15) is 0 Å². The lowest BCUT2D eigenvalue weighted by Crippen LogP contribution is -2.35. The maximum Gasteiger partial charge on any atom is 0.119 e. The van der Waals surface area contributed by atoms with Gasteiger partial charge in [-0.1, -0.05) is 6.92 Å². The molecule has 0 aromatic heterocycles. The van der Waals surface area contributed by atoms with Crippen LogP contribution in [-0.2, 0) is 6.42 Å². The van der Waals surface area contributed by atoms with Crippen LogP contribution in [0.4, 0.5) is 5.69 Å². The maximum absolute atomic E-state index is 5.99. The monoisotopic (exact) mass is 260 g/mol. The zero-order valence-electron chi connectivity index (χ0n) is 11.8. The summed E-state index contributed by atoms with van der Waals surface area (Å²) in [5.74, 6) is 1.77. The van der Waals surface area contributed by atoms with Crippen LogP contribution in [0.5, 0.6) is 5.75 Å². The van der Waals surface area contributed by atoms with Gasteiger partial charge in [-0.25, -0.2) is 0 Å². The summed E-state index contributed by atoms with van der Waals surface area (Å²) in [7, 11) is 0. The minimum Gasteiger partial charge on any atom is -0.493 e. The van der Waals surface area contributed by atoms with Gasteiger partial charge >= 0.3 is 0 Å². The summed E-state index contributed by atoms with van der Waals surface area (Å²) in [6, 6.07) is 6.45. The molecule has 0 radical (unpaired) electrons. The molecule has 2 heterocycles. The van der Waals surface area contributed by atoms with Crippen molar-refractivity contribution < 1.29 is 4.74 Å². The fourth-order valence-electron chi connectivity index (χ4n) is 3.05. The van der Waals surface area contributed by atoms with Gasteiger partial charge in [-0.2, -0.15) is 0 Å². The highest BCUT2D eigenvalue weighted by Crippen LogP contribution is 2.27. The minimum atomic E-state index is 0.731. The Hall–Kier alpha value is -1.22. The highest BCUT2D eigenvalue weighted by molar-refractivity contribution is 5.57. The van der Waals surface area contributed by atoms with Crippen molar-refractivity contribution in [2.45, 2.75) is 26.2 Å². The van der Waals surface area contributed by atoms with Crippen LogP contribution in [0.15, 0.2) is 18.2 Å². The molecule has 0 atom stereocenters. The SMILES string of the molecule is CCN1CCC(COc2ccc3c(c2)CCN3)CC1. The van der Waals surface area contributed by atoms with E-state index in [1.54, 1.807) is 0 Å². The van der Waals surface area contributed by atoms with Gasteiger partial charge < -0.3 is 15.0 Å². The second-order valence-corrected chi connectivity index (χ2v) is 5.68. The van der Waals surface area contributed by atoms with Gasteiger partial charge in [0, 0.05) is 12.2 Å². The number of hydrogen-bond acceptors (Lipinski definition) is 3. The van der Waals surface area contributed by atoms with E-state index in [0.717, 1.165) is 31.2 Å². The molecular weight excluding hydrogens is 236 g/mol. The second-order valence-electron chi connectivity index (χ2n) is 5.68. The summed E-state index contributed by atoms with van der Waals surface area (Å²) in [4.78, 5) is 2.53. The molecule has 0 unspecified atom stereocenters. The lowest BCUT2D eigenvalue weighted by molar-refractivity contribution is 0.146. The Kier molecular flexibility index (Phi) is 3.92. The molecule has 1 fully saturated rings. The van der Waals surface area contributed by atoms with Crippen molar-refractivity contribution in [2.24, 2.45) is 5.92 Å². The van der Waals surface area contributed by atoms with Crippen LogP contribution in [0.25, 0.3) is 0 Å². The number of nitrogens with zero attached hydrogens (tertiary/aromatic N) is 1. The van der Waals surface area contributed by atoms with E-state index in [4.69, 9.17) is 4.74 Å². The fourth-order valence-corrected chi connectivity index (χ4v) is 3.05. The molecule has 0 aliphatic carbocycles. The van der Waals surface area contributed by atoms with Crippen molar-refractivity contribution in [2.75, 3.05) is 38.1 Å². The summed E-state index contributed by atoms with van der Waals surface area (Å²) < 4.78 is 5.99. The number of benzene rings is 1. The Bertz CT molecular complexity index is 425. The number of rotatable bonds is 4. The molecule has 1 saturated heterocycles. The third-order valence-electron chi connectivity index (χ3n) is 4.43. The van der Waals surface area contributed by atoms with Gasteiger partial charge in [-0.3, -0.25) is 0 Å². The first-order valence-corrected chi connectivity index (χ1v) is 7.57. The van der Waals surface area contributed by atoms with Crippen LogP contribution in [-0.4, -0.2) is 37.7 Å². The molecule has 3 heteroatoms. The van der Waals surface area contributed by atoms with E-state index in [0.29, 0.717) is 0 Å². The van der Waals surface area contributed by atoms with E-state index in [1.165, 1.54) is 43.7 Å². The number of ether oxygens (including phenoxy) is 1. The van der Waals surface area contributed by atoms with E-state index in [2.05, 4.69) is 35.3 Å². The van der Waals surface area contributed by atoms with Crippen LogP contribution in [0, 0.1) is 5.92 Å². The lowest BCUT2D eigenvalue weighted by Gasteiger charge is -2.30. The van der Waals surface area contributed by atoms with Crippen molar-refractivity contribution in [3.63, 3.8) is 0 Å². The van der Waals surface area contributed by atoms with E-state index < -0.39 is 0 Å². The predicted molar refractivity (Wildman–Crippen MR) is 79.0 cm³/mol. The lowest BCUT2D eigenvalue weighted by atomic mass is 9.98. The predicted octanol–water partition coefficient (Wildman–Crippen LogP) is 2.77. The fraction of sp³-hybridized carbons (Fsp3) is 0.625. The summed E-state index contributed by atoms with van der Waals surface area (Å²) in [6.45, 7) is 7.84. The average molecular weight is 260 g/mol. The van der Waals surface area contributed by atoms with Gasteiger partial charge in [0.25, 0.3) is 0 Å².